The van der Waals surface area contributed by atoms with Gasteiger partial charge in [0.05, 0.1) is 12.7 Å². The van der Waals surface area contributed by atoms with E-state index in [4.69, 9.17) is 10.5 Å². The molecule has 2 rings (SSSR count). The Morgan fingerprint density at radius 2 is 2.33 bits per heavy atom. The number of hydrogen-bond donors (Lipinski definition) is 5. The number of aryl methyl sites for hydroxylation is 1. The first-order valence-corrected chi connectivity index (χ1v) is 6.64. The van der Waals surface area contributed by atoms with Crippen LogP contribution in [0.2, 0.25) is 0 Å². The van der Waals surface area contributed by atoms with Crippen LogP contribution in [0, 0.1) is 5.41 Å². The van der Waals surface area contributed by atoms with Crippen LogP contribution >= 0.6 is 12.6 Å². The topological polar surface area (TPSA) is 137 Å². The number of aromatic amines is 1. The lowest BCUT2D eigenvalue weighted by molar-refractivity contribution is -0.141. The molecule has 0 unspecified atom stereocenters. The maximum atomic E-state index is 11.9. The van der Waals surface area contributed by atoms with Gasteiger partial charge in [0.15, 0.2) is 11.1 Å². The molecule has 112 valence electrons. The monoisotopic (exact) mass is 310 g/mol. The molecule has 0 saturated heterocycles. The molecule has 0 aliphatic rings. The average molecular weight is 310 g/mol. The summed E-state index contributed by atoms with van der Waals surface area (Å²) in [7, 11) is 1.67. The highest BCUT2D eigenvalue weighted by molar-refractivity contribution is 7.80. The lowest BCUT2D eigenvalue weighted by Crippen LogP contribution is -2.43. The van der Waals surface area contributed by atoms with Gasteiger partial charge in [-0.05, 0) is 0 Å². The smallest absolute Gasteiger partial charge is 0.327 e. The predicted molar refractivity (Wildman–Crippen MR) is 75.8 cm³/mol. The molecule has 0 aliphatic heterocycles. The van der Waals surface area contributed by atoms with Crippen LogP contribution in [-0.2, 0) is 23.1 Å². The molecule has 2 aromatic heterocycles. The molecule has 0 spiro atoms. The standard InChI is InChI=1S/C11H14N6O3S/c1-17-6(2-7(18)15-5(3-21)11(19)20)16-9(12)8-10(17)14-4-13-8/h4-5,12,21H,2-3H2,1H3,(H,13,14)(H,15,18)(H,19,20)/t5-/m0/s1. The second-order valence-electron chi connectivity index (χ2n) is 4.35. The second kappa shape index (κ2) is 5.95. The van der Waals surface area contributed by atoms with Gasteiger partial charge >= 0.3 is 5.97 Å². The summed E-state index contributed by atoms with van der Waals surface area (Å²) in [5.41, 5.74) is 0.953. The first-order valence-electron chi connectivity index (χ1n) is 6.00. The number of rotatable bonds is 5. The van der Waals surface area contributed by atoms with Gasteiger partial charge in [-0.1, -0.05) is 0 Å². The highest BCUT2D eigenvalue weighted by Crippen LogP contribution is 2.05. The zero-order chi connectivity index (χ0) is 15.6. The Morgan fingerprint density at radius 3 is 2.95 bits per heavy atom. The Bertz CT molecular complexity index is 752. The lowest BCUT2D eigenvalue weighted by Gasteiger charge is -2.13. The van der Waals surface area contributed by atoms with E-state index in [-0.39, 0.29) is 17.7 Å². The number of carboxylic acid groups (broad SMARTS) is 1. The summed E-state index contributed by atoms with van der Waals surface area (Å²) >= 11 is 3.87. The molecule has 0 bridgehead atoms. The molecule has 2 heterocycles. The van der Waals surface area contributed by atoms with Gasteiger partial charge in [-0.15, -0.1) is 0 Å². The summed E-state index contributed by atoms with van der Waals surface area (Å²) in [6.07, 6.45) is 1.29. The number of amides is 1. The van der Waals surface area contributed by atoms with Gasteiger partial charge in [0.1, 0.15) is 17.4 Å². The van der Waals surface area contributed by atoms with Crippen LogP contribution in [0.25, 0.3) is 11.2 Å². The molecule has 9 nitrogen and oxygen atoms in total. The average Bonchev–Trinajstić information content (AvgIpc) is 2.91. The highest BCUT2D eigenvalue weighted by Gasteiger charge is 2.19. The Kier molecular flexibility index (Phi) is 4.26. The minimum Gasteiger partial charge on any atom is -0.480 e. The Morgan fingerprint density at radius 1 is 1.62 bits per heavy atom. The Labute approximate surface area is 124 Å². The number of carboxylic acids is 1. The number of aliphatic carboxylic acids is 1. The number of carbonyl (C=O) groups excluding carboxylic acids is 1. The normalized spacial score (nSPS) is 12.3. The molecule has 0 fully saturated rings. The van der Waals surface area contributed by atoms with Crippen molar-refractivity contribution in [2.45, 2.75) is 12.5 Å². The Balaban J connectivity index is 2.23. The SMILES string of the molecule is Cn1c(CC(=O)N[C@@H](CS)C(=O)O)nc(=N)c2[nH]cnc21. The second-order valence-corrected chi connectivity index (χ2v) is 4.72. The minimum atomic E-state index is -1.15. The zero-order valence-corrected chi connectivity index (χ0v) is 12.0. The fourth-order valence-corrected chi connectivity index (χ4v) is 2.08. The number of carbonyl (C=O) groups is 2. The van der Waals surface area contributed by atoms with Gasteiger partial charge in [0.2, 0.25) is 5.91 Å². The first kappa shape index (κ1) is 15.0. The predicted octanol–water partition coefficient (Wildman–Crippen LogP) is -1.18. The molecule has 21 heavy (non-hydrogen) atoms. The van der Waals surface area contributed by atoms with Gasteiger partial charge in [0, 0.05) is 12.8 Å². The van der Waals surface area contributed by atoms with Crippen molar-refractivity contribution in [2.24, 2.45) is 7.05 Å². The van der Waals surface area contributed by atoms with Crippen LogP contribution < -0.4 is 10.8 Å². The van der Waals surface area contributed by atoms with Gasteiger partial charge in [0.25, 0.3) is 0 Å². The van der Waals surface area contributed by atoms with E-state index in [1.54, 1.807) is 11.6 Å². The van der Waals surface area contributed by atoms with E-state index >= 15 is 0 Å². The van der Waals surface area contributed by atoms with Gasteiger partial charge in [-0.2, -0.15) is 12.6 Å². The molecule has 0 aliphatic carbocycles. The minimum absolute atomic E-state index is 0.0112. The van der Waals surface area contributed by atoms with E-state index in [1.807, 2.05) is 0 Å². The molecule has 1 amide bonds. The number of nitrogens with one attached hydrogen (secondary N) is 3. The summed E-state index contributed by atoms with van der Waals surface area (Å²) in [6, 6.07) is -1.06. The van der Waals surface area contributed by atoms with Crippen molar-refractivity contribution in [3.05, 3.63) is 17.6 Å². The quantitative estimate of drug-likeness (QED) is 0.443. The molecule has 1 atom stereocenters. The van der Waals surface area contributed by atoms with Crippen molar-refractivity contribution < 1.29 is 14.7 Å². The lowest BCUT2D eigenvalue weighted by atomic mass is 10.3. The summed E-state index contributed by atoms with van der Waals surface area (Å²) in [5, 5.41) is 19.0. The molecule has 4 N–H and O–H groups in total. The third-order valence-corrected chi connectivity index (χ3v) is 3.30. The van der Waals surface area contributed by atoms with Gasteiger partial charge < -0.3 is 20.0 Å². The van der Waals surface area contributed by atoms with Crippen LogP contribution in [-0.4, -0.2) is 48.3 Å². The van der Waals surface area contributed by atoms with Crippen molar-refractivity contribution in [1.82, 2.24) is 24.8 Å². The van der Waals surface area contributed by atoms with Crippen LogP contribution in [0.15, 0.2) is 6.33 Å². The fraction of sp³-hybridized carbons (Fsp3) is 0.364. The number of imidazole rings is 1. The first-order chi connectivity index (χ1) is 9.93. The van der Waals surface area contributed by atoms with Crippen LogP contribution in [0.1, 0.15) is 5.82 Å². The van der Waals surface area contributed by atoms with Crippen molar-refractivity contribution >= 4 is 35.7 Å². The Hall–Kier alpha value is -2.36. The molecule has 0 saturated carbocycles. The van der Waals surface area contributed by atoms with E-state index in [0.717, 1.165) is 0 Å². The van der Waals surface area contributed by atoms with E-state index in [0.29, 0.717) is 17.0 Å². The number of aromatic nitrogens is 4. The number of nitrogens with zero attached hydrogens (tertiary/aromatic N) is 3. The highest BCUT2D eigenvalue weighted by atomic mass is 32.1. The van der Waals surface area contributed by atoms with Crippen molar-refractivity contribution in [2.75, 3.05) is 5.75 Å². The fourth-order valence-electron chi connectivity index (χ4n) is 1.83. The van der Waals surface area contributed by atoms with E-state index in [2.05, 4.69) is 32.9 Å². The maximum absolute atomic E-state index is 11.9. The number of hydrogen-bond acceptors (Lipinski definition) is 6. The summed E-state index contributed by atoms with van der Waals surface area (Å²) in [6.45, 7) is 0. The van der Waals surface area contributed by atoms with Crippen LogP contribution in [0.5, 0.6) is 0 Å². The number of fused-ring (bicyclic) bond motifs is 1. The largest absolute Gasteiger partial charge is 0.480 e. The third kappa shape index (κ3) is 3.05. The zero-order valence-electron chi connectivity index (χ0n) is 11.1. The third-order valence-electron chi connectivity index (χ3n) is 2.94. The van der Waals surface area contributed by atoms with Crippen LogP contribution in [0.3, 0.4) is 0 Å². The van der Waals surface area contributed by atoms with Crippen molar-refractivity contribution in [3.8, 4) is 0 Å². The maximum Gasteiger partial charge on any atom is 0.327 e. The molecular formula is C11H14N6O3S. The summed E-state index contributed by atoms with van der Waals surface area (Å²) in [4.78, 5) is 33.6. The molecular weight excluding hydrogens is 296 g/mol. The number of H-pyrrole nitrogens is 1. The van der Waals surface area contributed by atoms with E-state index in [1.165, 1.54) is 6.33 Å². The van der Waals surface area contributed by atoms with Crippen LogP contribution in [0.4, 0.5) is 0 Å². The number of thiol groups is 1. The van der Waals surface area contributed by atoms with E-state index < -0.39 is 17.9 Å². The van der Waals surface area contributed by atoms with Crippen molar-refractivity contribution in [1.29, 1.82) is 5.41 Å². The molecule has 0 aromatic carbocycles. The molecule has 10 heteroatoms. The molecule has 0 radical (unpaired) electrons. The van der Waals surface area contributed by atoms with E-state index in [9.17, 15) is 9.59 Å². The van der Waals surface area contributed by atoms with Gasteiger partial charge in [-0.25, -0.2) is 14.8 Å². The molecule has 2 aromatic rings. The van der Waals surface area contributed by atoms with Crippen molar-refractivity contribution in [3.63, 3.8) is 0 Å². The summed E-state index contributed by atoms with van der Waals surface area (Å²) in [5.74, 6) is -1.35. The summed E-state index contributed by atoms with van der Waals surface area (Å²) < 4.78 is 1.58. The van der Waals surface area contributed by atoms with Gasteiger partial charge in [-0.3, -0.25) is 10.2 Å².